The van der Waals surface area contributed by atoms with Crippen molar-refractivity contribution in [3.63, 3.8) is 0 Å². The molecule has 5 nitrogen and oxygen atoms in total. The minimum Gasteiger partial charge on any atom is -0.346 e. The molecular weight excluding hydrogens is 362 g/mol. The maximum Gasteiger partial charge on any atom is 0.270 e. The summed E-state index contributed by atoms with van der Waals surface area (Å²) in [6.45, 7) is 1.02. The molecule has 1 aliphatic rings. The van der Waals surface area contributed by atoms with Crippen molar-refractivity contribution in [2.75, 3.05) is 6.54 Å². The highest BCUT2D eigenvalue weighted by atomic mass is 35.5. The van der Waals surface area contributed by atoms with Gasteiger partial charge in [0.2, 0.25) is 5.91 Å². The van der Waals surface area contributed by atoms with Crippen molar-refractivity contribution in [3.05, 3.63) is 77.1 Å². The van der Waals surface area contributed by atoms with Crippen LogP contribution < -0.4 is 5.32 Å². The van der Waals surface area contributed by atoms with Gasteiger partial charge in [-0.05, 0) is 28.5 Å². The monoisotopic (exact) mass is 379 g/mol. The molecule has 1 atom stereocenters. The van der Waals surface area contributed by atoms with Crippen LogP contribution in [0.1, 0.15) is 22.5 Å². The zero-order chi connectivity index (χ0) is 18.8. The van der Waals surface area contributed by atoms with Gasteiger partial charge in [-0.3, -0.25) is 9.59 Å². The summed E-state index contributed by atoms with van der Waals surface area (Å²) in [6, 6.07) is 17.2. The van der Waals surface area contributed by atoms with E-state index in [1.165, 1.54) is 6.20 Å². The number of rotatable bonds is 4. The molecule has 2 heterocycles. The molecule has 0 saturated carbocycles. The topological polar surface area (TPSA) is 62.3 Å². The van der Waals surface area contributed by atoms with Gasteiger partial charge in [-0.2, -0.15) is 0 Å². The average molecular weight is 380 g/mol. The van der Waals surface area contributed by atoms with E-state index in [9.17, 15) is 9.59 Å². The first-order chi connectivity index (χ1) is 13.1. The number of nitrogens with one attached hydrogen (secondary N) is 1. The first-order valence-corrected chi connectivity index (χ1v) is 9.15. The summed E-state index contributed by atoms with van der Waals surface area (Å²) in [7, 11) is 0. The first-order valence-electron chi connectivity index (χ1n) is 8.77. The Kier molecular flexibility index (Phi) is 4.77. The predicted molar refractivity (Wildman–Crippen MR) is 104 cm³/mol. The fraction of sp³-hybridized carbons (Fsp3) is 0.190. The van der Waals surface area contributed by atoms with Gasteiger partial charge in [0.15, 0.2) is 0 Å². The number of carbonyl (C=O) groups excluding carboxylic acids is 2. The number of benzene rings is 2. The van der Waals surface area contributed by atoms with Gasteiger partial charge in [0.1, 0.15) is 5.69 Å². The van der Waals surface area contributed by atoms with Gasteiger partial charge in [0.25, 0.3) is 5.91 Å². The van der Waals surface area contributed by atoms with Crippen molar-refractivity contribution in [2.24, 2.45) is 0 Å². The SMILES string of the molecule is O=C(N[C@@H]1CC(=O)N(Cc2cccc3ccccc23)C1)c1ccc(Cl)cn1. The van der Waals surface area contributed by atoms with E-state index in [1.54, 1.807) is 17.0 Å². The Hall–Kier alpha value is -2.92. The molecule has 1 saturated heterocycles. The molecule has 6 heteroatoms. The molecule has 3 aromatic rings. The number of fused-ring (bicyclic) bond motifs is 1. The highest BCUT2D eigenvalue weighted by Gasteiger charge is 2.31. The van der Waals surface area contributed by atoms with Gasteiger partial charge in [-0.15, -0.1) is 0 Å². The van der Waals surface area contributed by atoms with Crippen LogP contribution in [0.4, 0.5) is 0 Å². The molecule has 27 heavy (non-hydrogen) atoms. The molecule has 2 aromatic carbocycles. The maximum absolute atomic E-state index is 12.4. The fourth-order valence-electron chi connectivity index (χ4n) is 3.43. The zero-order valence-electron chi connectivity index (χ0n) is 14.6. The summed E-state index contributed by atoms with van der Waals surface area (Å²) in [5.41, 5.74) is 1.40. The number of halogens is 1. The van der Waals surface area contributed by atoms with Crippen LogP contribution in [0.5, 0.6) is 0 Å². The van der Waals surface area contributed by atoms with Crippen LogP contribution in [0.2, 0.25) is 5.02 Å². The molecule has 0 bridgehead atoms. The lowest BCUT2D eigenvalue weighted by Crippen LogP contribution is -2.37. The number of likely N-dealkylation sites (tertiary alicyclic amines) is 1. The summed E-state index contributed by atoms with van der Waals surface area (Å²) >= 11 is 5.80. The highest BCUT2D eigenvalue weighted by Crippen LogP contribution is 2.22. The molecular formula is C21H18ClN3O2. The number of aromatic nitrogens is 1. The van der Waals surface area contributed by atoms with E-state index in [1.807, 2.05) is 24.3 Å². The molecule has 0 radical (unpaired) electrons. The van der Waals surface area contributed by atoms with Gasteiger partial charge in [0.05, 0.1) is 11.1 Å². The maximum atomic E-state index is 12.4. The molecule has 136 valence electrons. The summed E-state index contributed by atoms with van der Waals surface area (Å²) in [5.74, 6) is -0.256. The second-order valence-corrected chi connectivity index (χ2v) is 7.09. The number of hydrogen-bond donors (Lipinski definition) is 1. The standard InChI is InChI=1S/C21H18ClN3O2/c22-16-8-9-19(23-11-16)21(27)24-17-10-20(26)25(13-17)12-15-6-3-5-14-4-1-2-7-18(14)15/h1-9,11,17H,10,12-13H2,(H,24,27)/t17-/m1/s1. The average Bonchev–Trinajstić information content (AvgIpc) is 3.01. The van der Waals surface area contributed by atoms with Crippen LogP contribution in [0.25, 0.3) is 10.8 Å². The summed E-state index contributed by atoms with van der Waals surface area (Å²) in [6.07, 6.45) is 1.73. The Bertz CT molecular complexity index is 998. The molecule has 1 N–H and O–H groups in total. The fourth-order valence-corrected chi connectivity index (χ4v) is 3.54. The van der Waals surface area contributed by atoms with Crippen molar-refractivity contribution in [2.45, 2.75) is 19.0 Å². The summed E-state index contributed by atoms with van der Waals surface area (Å²) < 4.78 is 0. The molecule has 2 amide bonds. The normalized spacial score (nSPS) is 16.7. The molecule has 0 unspecified atom stereocenters. The third-order valence-electron chi connectivity index (χ3n) is 4.75. The van der Waals surface area contributed by atoms with Crippen LogP contribution in [-0.2, 0) is 11.3 Å². The van der Waals surface area contributed by atoms with Crippen molar-refractivity contribution >= 4 is 34.2 Å². The molecule has 0 aliphatic carbocycles. The number of carbonyl (C=O) groups is 2. The summed E-state index contributed by atoms with van der Waals surface area (Å²) in [5, 5.41) is 5.66. The van der Waals surface area contributed by atoms with Gasteiger partial charge >= 0.3 is 0 Å². The van der Waals surface area contributed by atoms with E-state index in [4.69, 9.17) is 11.6 Å². The lowest BCUT2D eigenvalue weighted by Gasteiger charge is -2.18. The Morgan fingerprint density at radius 2 is 1.96 bits per heavy atom. The molecule has 4 rings (SSSR count). The van der Waals surface area contributed by atoms with E-state index < -0.39 is 0 Å². The summed E-state index contributed by atoms with van der Waals surface area (Å²) in [4.78, 5) is 30.6. The lowest BCUT2D eigenvalue weighted by molar-refractivity contribution is -0.128. The third kappa shape index (κ3) is 3.78. The van der Waals surface area contributed by atoms with Gasteiger partial charge in [-0.25, -0.2) is 4.98 Å². The van der Waals surface area contributed by atoms with E-state index >= 15 is 0 Å². The van der Waals surface area contributed by atoms with Crippen LogP contribution in [0.15, 0.2) is 60.8 Å². The molecule has 1 aromatic heterocycles. The van der Waals surface area contributed by atoms with E-state index in [0.29, 0.717) is 30.2 Å². The van der Waals surface area contributed by atoms with Gasteiger partial charge < -0.3 is 10.2 Å². The van der Waals surface area contributed by atoms with Crippen LogP contribution in [-0.4, -0.2) is 34.3 Å². The van der Waals surface area contributed by atoms with Crippen LogP contribution >= 0.6 is 11.6 Å². The minimum absolute atomic E-state index is 0.0392. The largest absolute Gasteiger partial charge is 0.346 e. The number of nitrogens with zero attached hydrogens (tertiary/aromatic N) is 2. The van der Waals surface area contributed by atoms with Gasteiger partial charge in [0, 0.05) is 25.7 Å². The van der Waals surface area contributed by atoms with Crippen molar-refractivity contribution in [1.82, 2.24) is 15.2 Å². The Labute approximate surface area is 162 Å². The number of hydrogen-bond acceptors (Lipinski definition) is 3. The van der Waals surface area contributed by atoms with Crippen LogP contribution in [0, 0.1) is 0 Å². The quantitative estimate of drug-likeness (QED) is 0.755. The zero-order valence-corrected chi connectivity index (χ0v) is 15.3. The second-order valence-electron chi connectivity index (χ2n) is 6.65. The molecule has 1 aliphatic heterocycles. The van der Waals surface area contributed by atoms with Crippen molar-refractivity contribution in [1.29, 1.82) is 0 Å². The third-order valence-corrected chi connectivity index (χ3v) is 4.97. The van der Waals surface area contributed by atoms with Gasteiger partial charge in [-0.1, -0.05) is 54.1 Å². The lowest BCUT2D eigenvalue weighted by atomic mass is 10.0. The molecule has 1 fully saturated rings. The predicted octanol–water partition coefficient (Wildman–Crippen LogP) is 3.42. The van der Waals surface area contributed by atoms with E-state index in [-0.39, 0.29) is 17.9 Å². The Morgan fingerprint density at radius 3 is 2.78 bits per heavy atom. The van der Waals surface area contributed by atoms with Crippen molar-refractivity contribution in [3.8, 4) is 0 Å². The second kappa shape index (κ2) is 7.37. The smallest absolute Gasteiger partial charge is 0.270 e. The number of amides is 2. The van der Waals surface area contributed by atoms with Crippen LogP contribution in [0.3, 0.4) is 0 Å². The van der Waals surface area contributed by atoms with Crippen molar-refractivity contribution < 1.29 is 9.59 Å². The minimum atomic E-state index is -0.295. The molecule has 0 spiro atoms. The first kappa shape index (κ1) is 17.5. The highest BCUT2D eigenvalue weighted by molar-refractivity contribution is 6.30. The van der Waals surface area contributed by atoms with E-state index in [2.05, 4.69) is 28.5 Å². The number of pyridine rings is 1. The van der Waals surface area contributed by atoms with E-state index in [0.717, 1.165) is 16.3 Å². The Balaban J connectivity index is 1.44. The Morgan fingerprint density at radius 1 is 1.15 bits per heavy atom.